The summed E-state index contributed by atoms with van der Waals surface area (Å²) in [5.41, 5.74) is 4.91. The summed E-state index contributed by atoms with van der Waals surface area (Å²) in [4.78, 5) is 18.0. The number of anilines is 1. The number of nitrogens with zero attached hydrogens (tertiary/aromatic N) is 4. The molecule has 1 aromatic carbocycles. The van der Waals surface area contributed by atoms with Crippen LogP contribution in [0.4, 0.5) is 5.82 Å². The van der Waals surface area contributed by atoms with E-state index in [0.717, 1.165) is 60.7 Å². The van der Waals surface area contributed by atoms with Crippen LogP contribution in [-0.4, -0.2) is 64.4 Å². The van der Waals surface area contributed by atoms with Gasteiger partial charge in [-0.2, -0.15) is 0 Å². The number of aromatic nitrogens is 3. The van der Waals surface area contributed by atoms with E-state index in [9.17, 15) is 5.11 Å². The molecule has 4 rings (SSSR count). The standard InChI is InChI=1S/C22H29N5O2/c1-3-26(4-2)14-18-13-23-20-19(18)24-21(17-7-5-6-16(12-17)15-28)25-22(20)27-8-10-29-11-9-27/h5-7,12-13,23,28H,3-4,8-11,14-15H2,1-2H3. The number of H-pyrrole nitrogens is 1. The van der Waals surface area contributed by atoms with Gasteiger partial charge in [0, 0.05) is 37.0 Å². The zero-order chi connectivity index (χ0) is 20.2. The summed E-state index contributed by atoms with van der Waals surface area (Å²) >= 11 is 0. The Morgan fingerprint density at radius 1 is 1.17 bits per heavy atom. The van der Waals surface area contributed by atoms with Gasteiger partial charge < -0.3 is 19.7 Å². The minimum Gasteiger partial charge on any atom is -0.392 e. The molecule has 7 nitrogen and oxygen atoms in total. The second kappa shape index (κ2) is 8.90. The lowest BCUT2D eigenvalue weighted by Gasteiger charge is -2.28. The predicted molar refractivity (Wildman–Crippen MR) is 115 cm³/mol. The number of ether oxygens (including phenoxy) is 1. The molecule has 0 saturated carbocycles. The van der Waals surface area contributed by atoms with E-state index in [-0.39, 0.29) is 6.61 Å². The fourth-order valence-electron chi connectivity index (χ4n) is 3.79. The average molecular weight is 396 g/mol. The number of aliphatic hydroxyl groups excluding tert-OH is 1. The summed E-state index contributed by atoms with van der Waals surface area (Å²) in [5.74, 6) is 1.61. The molecular formula is C22H29N5O2. The second-order valence-corrected chi connectivity index (χ2v) is 7.33. The van der Waals surface area contributed by atoms with Gasteiger partial charge in [0.25, 0.3) is 0 Å². The van der Waals surface area contributed by atoms with Crippen molar-refractivity contribution in [1.29, 1.82) is 0 Å². The number of hydrogen-bond acceptors (Lipinski definition) is 6. The Labute approximate surface area is 171 Å². The van der Waals surface area contributed by atoms with Crippen LogP contribution >= 0.6 is 0 Å². The molecule has 3 heterocycles. The Balaban J connectivity index is 1.84. The van der Waals surface area contributed by atoms with Crippen molar-refractivity contribution in [2.75, 3.05) is 44.3 Å². The van der Waals surface area contributed by atoms with Crippen LogP contribution in [0.25, 0.3) is 22.4 Å². The van der Waals surface area contributed by atoms with Crippen LogP contribution in [0.3, 0.4) is 0 Å². The monoisotopic (exact) mass is 395 g/mol. The molecule has 154 valence electrons. The van der Waals surface area contributed by atoms with E-state index >= 15 is 0 Å². The van der Waals surface area contributed by atoms with Gasteiger partial charge in [-0.15, -0.1) is 0 Å². The molecule has 1 aliphatic heterocycles. The number of hydrogen-bond donors (Lipinski definition) is 2. The molecule has 0 amide bonds. The van der Waals surface area contributed by atoms with Crippen molar-refractivity contribution in [3.8, 4) is 11.4 Å². The van der Waals surface area contributed by atoms with Gasteiger partial charge in [-0.05, 0) is 24.7 Å². The van der Waals surface area contributed by atoms with Gasteiger partial charge in [-0.1, -0.05) is 32.0 Å². The fourth-order valence-corrected chi connectivity index (χ4v) is 3.79. The third-order valence-electron chi connectivity index (χ3n) is 5.55. The molecule has 7 heteroatoms. The fraction of sp³-hybridized carbons (Fsp3) is 0.455. The topological polar surface area (TPSA) is 77.5 Å². The Bertz CT molecular complexity index is 961. The van der Waals surface area contributed by atoms with Crippen LogP contribution in [0.5, 0.6) is 0 Å². The van der Waals surface area contributed by atoms with Crippen LogP contribution in [0.2, 0.25) is 0 Å². The summed E-state index contributed by atoms with van der Waals surface area (Å²) in [6.07, 6.45) is 2.07. The number of aromatic amines is 1. The molecule has 0 spiro atoms. The molecule has 0 atom stereocenters. The van der Waals surface area contributed by atoms with Crippen molar-refractivity contribution in [3.05, 3.63) is 41.6 Å². The molecule has 1 saturated heterocycles. The molecular weight excluding hydrogens is 366 g/mol. The first-order valence-corrected chi connectivity index (χ1v) is 10.4. The van der Waals surface area contributed by atoms with Gasteiger partial charge in [-0.25, -0.2) is 9.97 Å². The van der Waals surface area contributed by atoms with E-state index in [1.54, 1.807) is 0 Å². The summed E-state index contributed by atoms with van der Waals surface area (Å²) in [5, 5.41) is 9.53. The number of aliphatic hydroxyl groups is 1. The van der Waals surface area contributed by atoms with Crippen molar-refractivity contribution in [2.24, 2.45) is 0 Å². The summed E-state index contributed by atoms with van der Waals surface area (Å²) in [6.45, 7) is 10.2. The van der Waals surface area contributed by atoms with Crippen molar-refractivity contribution in [1.82, 2.24) is 19.9 Å². The lowest BCUT2D eigenvalue weighted by atomic mass is 10.1. The summed E-state index contributed by atoms with van der Waals surface area (Å²) in [6, 6.07) is 7.81. The highest BCUT2D eigenvalue weighted by atomic mass is 16.5. The van der Waals surface area contributed by atoms with Crippen LogP contribution in [0.1, 0.15) is 25.0 Å². The Morgan fingerprint density at radius 3 is 2.69 bits per heavy atom. The molecule has 1 aliphatic rings. The van der Waals surface area contributed by atoms with E-state index in [1.165, 1.54) is 5.56 Å². The number of morpholine rings is 1. The summed E-state index contributed by atoms with van der Waals surface area (Å²) in [7, 11) is 0. The first-order chi connectivity index (χ1) is 14.2. The maximum absolute atomic E-state index is 9.53. The van der Waals surface area contributed by atoms with Crippen LogP contribution in [0.15, 0.2) is 30.5 Å². The van der Waals surface area contributed by atoms with Crippen molar-refractivity contribution >= 4 is 16.9 Å². The first-order valence-electron chi connectivity index (χ1n) is 10.4. The molecule has 0 unspecified atom stereocenters. The molecule has 0 radical (unpaired) electrons. The van der Waals surface area contributed by atoms with Crippen molar-refractivity contribution in [2.45, 2.75) is 27.0 Å². The van der Waals surface area contributed by atoms with Gasteiger partial charge >= 0.3 is 0 Å². The Hall–Kier alpha value is -2.48. The Kier molecular flexibility index (Phi) is 6.08. The van der Waals surface area contributed by atoms with E-state index < -0.39 is 0 Å². The molecule has 29 heavy (non-hydrogen) atoms. The molecule has 3 aromatic rings. The zero-order valence-corrected chi connectivity index (χ0v) is 17.2. The zero-order valence-electron chi connectivity index (χ0n) is 17.2. The minimum absolute atomic E-state index is 0.00374. The predicted octanol–water partition coefficient (Wildman–Crippen LogP) is 2.80. The van der Waals surface area contributed by atoms with Gasteiger partial charge in [-0.3, -0.25) is 4.90 Å². The maximum Gasteiger partial charge on any atom is 0.162 e. The lowest BCUT2D eigenvalue weighted by Crippen LogP contribution is -2.37. The molecule has 2 N–H and O–H groups in total. The number of nitrogens with one attached hydrogen (secondary N) is 1. The highest BCUT2D eigenvalue weighted by molar-refractivity contribution is 5.90. The smallest absolute Gasteiger partial charge is 0.162 e. The van der Waals surface area contributed by atoms with Crippen molar-refractivity contribution < 1.29 is 9.84 Å². The molecule has 0 aliphatic carbocycles. The molecule has 0 bridgehead atoms. The normalized spacial score (nSPS) is 14.8. The first kappa shape index (κ1) is 19.8. The number of rotatable bonds is 7. The average Bonchev–Trinajstić information content (AvgIpc) is 3.20. The second-order valence-electron chi connectivity index (χ2n) is 7.33. The molecule has 2 aromatic heterocycles. The van der Waals surface area contributed by atoms with Gasteiger partial charge in [0.2, 0.25) is 0 Å². The largest absolute Gasteiger partial charge is 0.392 e. The Morgan fingerprint density at radius 2 is 1.97 bits per heavy atom. The van der Waals surface area contributed by atoms with Gasteiger partial charge in [0.15, 0.2) is 11.6 Å². The van der Waals surface area contributed by atoms with Crippen LogP contribution in [0, 0.1) is 0 Å². The van der Waals surface area contributed by atoms with E-state index in [2.05, 4.69) is 34.8 Å². The van der Waals surface area contributed by atoms with E-state index in [0.29, 0.717) is 19.0 Å². The number of fused-ring (bicyclic) bond motifs is 1. The lowest BCUT2D eigenvalue weighted by molar-refractivity contribution is 0.122. The molecule has 1 fully saturated rings. The minimum atomic E-state index is 0.00374. The third-order valence-corrected chi connectivity index (χ3v) is 5.55. The van der Waals surface area contributed by atoms with Gasteiger partial charge in [0.1, 0.15) is 5.52 Å². The quantitative estimate of drug-likeness (QED) is 0.641. The van der Waals surface area contributed by atoms with Gasteiger partial charge in [0.05, 0.1) is 25.3 Å². The maximum atomic E-state index is 9.53. The van der Waals surface area contributed by atoms with Crippen LogP contribution in [-0.2, 0) is 17.9 Å². The third kappa shape index (κ3) is 4.12. The van der Waals surface area contributed by atoms with Crippen molar-refractivity contribution in [3.63, 3.8) is 0 Å². The SMILES string of the molecule is CCN(CC)Cc1c[nH]c2c(N3CCOCC3)nc(-c3cccc(CO)c3)nc12. The van der Waals surface area contributed by atoms with E-state index in [4.69, 9.17) is 14.7 Å². The van der Waals surface area contributed by atoms with Crippen LogP contribution < -0.4 is 4.90 Å². The van der Waals surface area contributed by atoms with E-state index in [1.807, 2.05) is 24.3 Å². The highest BCUT2D eigenvalue weighted by Gasteiger charge is 2.21. The summed E-state index contributed by atoms with van der Waals surface area (Å²) < 4.78 is 5.54. The highest BCUT2D eigenvalue weighted by Crippen LogP contribution is 2.30. The number of benzene rings is 1.